The smallest absolute Gasteiger partial charge is 0.302 e. The van der Waals surface area contributed by atoms with E-state index in [1.165, 1.54) is 0 Å². The number of nitrogens with zero attached hydrogens (tertiary/aromatic N) is 1. The Hall–Kier alpha value is -0.640. The second-order valence-corrected chi connectivity index (χ2v) is 3.09. The van der Waals surface area contributed by atoms with Crippen LogP contribution in [0.2, 0.25) is 0 Å². The SMILES string of the molecule is CC(C)CC1([N+](=O)[O-])CO1. The summed E-state index contributed by atoms with van der Waals surface area (Å²) < 4.78 is 4.77. The molecule has 0 radical (unpaired) electrons. The van der Waals surface area contributed by atoms with E-state index in [9.17, 15) is 10.1 Å². The van der Waals surface area contributed by atoms with E-state index in [2.05, 4.69) is 0 Å². The van der Waals surface area contributed by atoms with Crippen LogP contribution >= 0.6 is 0 Å². The number of epoxide rings is 1. The topological polar surface area (TPSA) is 55.7 Å². The summed E-state index contributed by atoms with van der Waals surface area (Å²) in [5.41, 5.74) is -1.01. The lowest BCUT2D eigenvalue weighted by atomic mass is 10.1. The van der Waals surface area contributed by atoms with Gasteiger partial charge in [0.1, 0.15) is 0 Å². The second-order valence-electron chi connectivity index (χ2n) is 3.09. The number of hydrogen-bond acceptors (Lipinski definition) is 3. The monoisotopic (exact) mass is 145 g/mol. The highest BCUT2D eigenvalue weighted by molar-refractivity contribution is 4.81. The molecule has 0 saturated carbocycles. The Morgan fingerprint density at radius 3 is 2.40 bits per heavy atom. The van der Waals surface area contributed by atoms with Crippen molar-refractivity contribution in [2.75, 3.05) is 6.61 Å². The van der Waals surface area contributed by atoms with Crippen LogP contribution in [0.25, 0.3) is 0 Å². The number of rotatable bonds is 3. The Morgan fingerprint density at radius 2 is 2.30 bits per heavy atom. The largest absolute Gasteiger partial charge is 0.348 e. The molecule has 0 bridgehead atoms. The van der Waals surface area contributed by atoms with Crippen LogP contribution in [-0.4, -0.2) is 17.3 Å². The molecule has 1 atom stereocenters. The van der Waals surface area contributed by atoms with E-state index in [-0.39, 0.29) is 11.5 Å². The first kappa shape index (κ1) is 7.47. The van der Waals surface area contributed by atoms with Gasteiger partial charge >= 0.3 is 5.72 Å². The summed E-state index contributed by atoms with van der Waals surface area (Å²) in [5.74, 6) is 0.327. The molecule has 0 aromatic carbocycles. The molecule has 1 fully saturated rings. The van der Waals surface area contributed by atoms with Crippen LogP contribution in [0.15, 0.2) is 0 Å². The molecule has 0 spiro atoms. The molecule has 10 heavy (non-hydrogen) atoms. The molecule has 0 aromatic rings. The van der Waals surface area contributed by atoms with Gasteiger partial charge in [0.2, 0.25) is 0 Å². The standard InChI is InChI=1S/C6H11NO3/c1-5(2)3-6(4-10-6)7(8)9/h5H,3-4H2,1-2H3. The zero-order valence-corrected chi connectivity index (χ0v) is 6.16. The Labute approximate surface area is 59.3 Å². The first-order valence-electron chi connectivity index (χ1n) is 3.35. The van der Waals surface area contributed by atoms with Gasteiger partial charge in [0, 0.05) is 0 Å². The molecule has 4 nitrogen and oxygen atoms in total. The van der Waals surface area contributed by atoms with Crippen molar-refractivity contribution in [2.45, 2.75) is 26.0 Å². The summed E-state index contributed by atoms with van der Waals surface area (Å²) in [4.78, 5) is 9.97. The molecular formula is C6H11NO3. The quantitative estimate of drug-likeness (QED) is 0.338. The third-order valence-corrected chi connectivity index (χ3v) is 1.54. The Bertz CT molecular complexity index is 151. The highest BCUT2D eigenvalue weighted by atomic mass is 16.7. The third-order valence-electron chi connectivity index (χ3n) is 1.54. The maximum Gasteiger partial charge on any atom is 0.348 e. The summed E-state index contributed by atoms with van der Waals surface area (Å²) in [6.45, 7) is 4.19. The Morgan fingerprint density at radius 1 is 1.80 bits per heavy atom. The molecule has 0 aromatic heterocycles. The normalized spacial score (nSPS) is 30.7. The van der Waals surface area contributed by atoms with E-state index < -0.39 is 5.72 Å². The highest BCUT2D eigenvalue weighted by Gasteiger charge is 2.58. The van der Waals surface area contributed by atoms with Crippen molar-refractivity contribution in [3.63, 3.8) is 0 Å². The van der Waals surface area contributed by atoms with Gasteiger partial charge in [-0.2, -0.15) is 0 Å². The minimum atomic E-state index is -1.01. The fraction of sp³-hybridized carbons (Fsp3) is 1.00. The van der Waals surface area contributed by atoms with E-state index in [1.807, 2.05) is 13.8 Å². The lowest BCUT2D eigenvalue weighted by molar-refractivity contribution is -0.564. The van der Waals surface area contributed by atoms with Crippen molar-refractivity contribution in [3.05, 3.63) is 10.1 Å². The maximum atomic E-state index is 10.3. The Balaban J connectivity index is 2.45. The van der Waals surface area contributed by atoms with Gasteiger partial charge in [0.25, 0.3) is 0 Å². The predicted octanol–water partition coefficient (Wildman–Crippen LogP) is 1.04. The third kappa shape index (κ3) is 1.26. The minimum absolute atomic E-state index is 0.290. The van der Waals surface area contributed by atoms with E-state index in [1.54, 1.807) is 0 Å². The van der Waals surface area contributed by atoms with Gasteiger partial charge in [-0.05, 0) is 5.92 Å². The lowest BCUT2D eigenvalue weighted by Gasteiger charge is -2.04. The van der Waals surface area contributed by atoms with E-state index in [0.717, 1.165) is 0 Å². The molecule has 1 unspecified atom stereocenters. The van der Waals surface area contributed by atoms with Crippen LogP contribution in [0.3, 0.4) is 0 Å². The molecule has 58 valence electrons. The molecule has 1 aliphatic rings. The van der Waals surface area contributed by atoms with Crippen LogP contribution in [0.4, 0.5) is 0 Å². The fourth-order valence-electron chi connectivity index (χ4n) is 1.02. The van der Waals surface area contributed by atoms with E-state index >= 15 is 0 Å². The summed E-state index contributed by atoms with van der Waals surface area (Å²) in [6.07, 6.45) is 0.528. The molecule has 1 aliphatic heterocycles. The summed E-state index contributed by atoms with van der Waals surface area (Å²) in [6, 6.07) is 0. The summed E-state index contributed by atoms with van der Waals surface area (Å²) in [7, 11) is 0. The molecule has 0 aliphatic carbocycles. The number of hydrogen-bond donors (Lipinski definition) is 0. The van der Waals surface area contributed by atoms with Crippen molar-refractivity contribution >= 4 is 0 Å². The van der Waals surface area contributed by atoms with Gasteiger partial charge in [0.15, 0.2) is 6.61 Å². The van der Waals surface area contributed by atoms with E-state index in [0.29, 0.717) is 12.3 Å². The average Bonchev–Trinajstić information content (AvgIpc) is 2.46. The molecule has 1 heterocycles. The van der Waals surface area contributed by atoms with Crippen molar-refractivity contribution < 1.29 is 9.66 Å². The van der Waals surface area contributed by atoms with Crippen molar-refractivity contribution in [3.8, 4) is 0 Å². The van der Waals surface area contributed by atoms with Gasteiger partial charge in [-0.15, -0.1) is 0 Å². The van der Waals surface area contributed by atoms with Crippen LogP contribution in [-0.2, 0) is 4.74 Å². The van der Waals surface area contributed by atoms with Gasteiger partial charge in [-0.1, -0.05) is 13.8 Å². The molecule has 1 rings (SSSR count). The molecular weight excluding hydrogens is 134 g/mol. The van der Waals surface area contributed by atoms with Crippen molar-refractivity contribution in [1.82, 2.24) is 0 Å². The second kappa shape index (κ2) is 2.20. The van der Waals surface area contributed by atoms with Crippen LogP contribution in [0, 0.1) is 16.0 Å². The molecule has 4 heteroatoms. The average molecular weight is 145 g/mol. The fourth-order valence-corrected chi connectivity index (χ4v) is 1.02. The zero-order chi connectivity index (χ0) is 7.78. The van der Waals surface area contributed by atoms with Crippen molar-refractivity contribution in [1.29, 1.82) is 0 Å². The summed E-state index contributed by atoms with van der Waals surface area (Å²) >= 11 is 0. The lowest BCUT2D eigenvalue weighted by Crippen LogP contribution is -2.24. The van der Waals surface area contributed by atoms with Crippen LogP contribution < -0.4 is 0 Å². The minimum Gasteiger partial charge on any atom is -0.302 e. The molecule has 1 saturated heterocycles. The van der Waals surface area contributed by atoms with E-state index in [4.69, 9.17) is 4.74 Å². The molecule has 0 N–H and O–H groups in total. The van der Waals surface area contributed by atoms with Crippen LogP contribution in [0.1, 0.15) is 20.3 Å². The molecule has 0 amide bonds. The first-order chi connectivity index (χ1) is 4.57. The Kier molecular flexibility index (Phi) is 1.64. The maximum absolute atomic E-state index is 10.3. The first-order valence-corrected chi connectivity index (χ1v) is 3.35. The van der Waals surface area contributed by atoms with Gasteiger partial charge < -0.3 is 4.74 Å². The van der Waals surface area contributed by atoms with Gasteiger partial charge in [0.05, 0.1) is 11.3 Å². The predicted molar refractivity (Wildman–Crippen MR) is 35.1 cm³/mol. The highest BCUT2D eigenvalue weighted by Crippen LogP contribution is 2.34. The summed E-state index contributed by atoms with van der Waals surface area (Å²) in [5, 5.41) is 10.3. The van der Waals surface area contributed by atoms with Gasteiger partial charge in [-0.25, -0.2) is 0 Å². The van der Waals surface area contributed by atoms with Crippen LogP contribution in [0.5, 0.6) is 0 Å². The van der Waals surface area contributed by atoms with Gasteiger partial charge in [-0.3, -0.25) is 10.1 Å². The number of ether oxygens (including phenoxy) is 1. The van der Waals surface area contributed by atoms with Crippen molar-refractivity contribution in [2.24, 2.45) is 5.92 Å². The zero-order valence-electron chi connectivity index (χ0n) is 6.16. The number of nitro groups is 1.